The Morgan fingerprint density at radius 2 is 1.75 bits per heavy atom. The molecule has 1 unspecified atom stereocenters. The van der Waals surface area contributed by atoms with E-state index in [1.165, 1.54) is 5.56 Å². The van der Waals surface area contributed by atoms with E-state index in [9.17, 15) is 9.59 Å². The van der Waals surface area contributed by atoms with Crippen molar-refractivity contribution in [3.05, 3.63) is 96.2 Å². The van der Waals surface area contributed by atoms with Gasteiger partial charge >= 0.3 is 0 Å². The second-order valence-corrected chi connectivity index (χ2v) is 11.1. The smallest absolute Gasteiger partial charge is 0.256 e. The lowest BCUT2D eigenvalue weighted by Gasteiger charge is -2.39. The van der Waals surface area contributed by atoms with Gasteiger partial charge in [0.25, 0.3) is 5.91 Å². The van der Waals surface area contributed by atoms with Crippen molar-refractivity contribution in [2.45, 2.75) is 44.8 Å². The highest BCUT2D eigenvalue weighted by Gasteiger charge is 2.47. The maximum Gasteiger partial charge on any atom is 0.256 e. The summed E-state index contributed by atoms with van der Waals surface area (Å²) in [6.07, 6.45) is 3.67. The van der Waals surface area contributed by atoms with E-state index in [0.29, 0.717) is 10.8 Å². The van der Waals surface area contributed by atoms with Crippen molar-refractivity contribution < 1.29 is 9.59 Å². The van der Waals surface area contributed by atoms with Crippen molar-refractivity contribution in [3.63, 3.8) is 0 Å². The first-order valence-corrected chi connectivity index (χ1v) is 14.2. The number of carbonyl (C=O) groups is 2. The summed E-state index contributed by atoms with van der Waals surface area (Å²) in [5.74, 6) is -0.347. The third kappa shape index (κ3) is 5.37. The van der Waals surface area contributed by atoms with Crippen LogP contribution in [0.5, 0.6) is 0 Å². The number of fused-ring (bicyclic) bond motifs is 1. The highest BCUT2D eigenvalue weighted by molar-refractivity contribution is 7.80. The number of aromatic amines is 1. The van der Waals surface area contributed by atoms with Gasteiger partial charge in [-0.2, -0.15) is 0 Å². The predicted octanol–water partition coefficient (Wildman–Crippen LogP) is 5.47. The fraction of sp³-hybridized carbons (Fsp3) is 0.281. The number of nitrogens with zero attached hydrogens (tertiary/aromatic N) is 3. The summed E-state index contributed by atoms with van der Waals surface area (Å²) < 4.78 is 0. The first kappa shape index (κ1) is 26.2. The molecule has 204 valence electrons. The Morgan fingerprint density at radius 3 is 2.50 bits per heavy atom. The highest BCUT2D eigenvalue weighted by atomic mass is 32.1. The van der Waals surface area contributed by atoms with E-state index in [1.807, 2.05) is 72.6 Å². The maximum atomic E-state index is 13.9. The summed E-state index contributed by atoms with van der Waals surface area (Å²) >= 11 is 5.95. The molecule has 2 aliphatic rings. The third-order valence-electron chi connectivity index (χ3n) is 7.96. The lowest BCUT2D eigenvalue weighted by atomic mass is 10.00. The van der Waals surface area contributed by atoms with E-state index in [1.54, 1.807) is 4.90 Å². The van der Waals surface area contributed by atoms with Crippen LogP contribution in [-0.4, -0.2) is 56.9 Å². The average Bonchev–Trinajstić information content (AvgIpc) is 3.52. The van der Waals surface area contributed by atoms with Crippen LogP contribution >= 0.6 is 12.2 Å². The molecule has 3 heterocycles. The Balaban J connectivity index is 1.20. The number of aryl methyl sites for hydroxylation is 1. The number of anilines is 2. The Morgan fingerprint density at radius 1 is 1.00 bits per heavy atom. The van der Waals surface area contributed by atoms with E-state index in [2.05, 4.69) is 39.5 Å². The van der Waals surface area contributed by atoms with Gasteiger partial charge in [0.1, 0.15) is 6.04 Å². The zero-order chi connectivity index (χ0) is 27.6. The van der Waals surface area contributed by atoms with Crippen molar-refractivity contribution in [3.8, 4) is 0 Å². The van der Waals surface area contributed by atoms with Gasteiger partial charge in [-0.05, 0) is 73.3 Å². The maximum absolute atomic E-state index is 13.9. The quantitative estimate of drug-likeness (QED) is 0.298. The van der Waals surface area contributed by atoms with Gasteiger partial charge in [0, 0.05) is 43.1 Å². The minimum atomic E-state index is -0.645. The minimum absolute atomic E-state index is 0.0360. The van der Waals surface area contributed by atoms with Crippen molar-refractivity contribution in [1.29, 1.82) is 0 Å². The van der Waals surface area contributed by atoms with Crippen LogP contribution in [-0.2, 0) is 16.1 Å². The molecule has 6 rings (SSSR count). The molecule has 0 aliphatic carbocycles. The van der Waals surface area contributed by atoms with Crippen LogP contribution in [0.25, 0.3) is 10.9 Å². The lowest BCUT2D eigenvalue weighted by molar-refractivity contribution is -0.125. The van der Waals surface area contributed by atoms with Crippen LogP contribution in [0.3, 0.4) is 0 Å². The van der Waals surface area contributed by atoms with Gasteiger partial charge < -0.3 is 15.2 Å². The number of aromatic nitrogens is 1. The molecule has 3 aromatic carbocycles. The molecule has 2 N–H and O–H groups in total. The number of rotatable bonds is 7. The van der Waals surface area contributed by atoms with Crippen LogP contribution in [0.15, 0.2) is 85.1 Å². The van der Waals surface area contributed by atoms with Crippen LogP contribution in [0.4, 0.5) is 11.4 Å². The Kier molecular flexibility index (Phi) is 7.36. The van der Waals surface area contributed by atoms with E-state index in [4.69, 9.17) is 12.2 Å². The molecule has 0 saturated carbocycles. The molecule has 0 radical (unpaired) electrons. The normalized spacial score (nSPS) is 18.6. The molecule has 40 heavy (non-hydrogen) atoms. The molecule has 2 aliphatic heterocycles. The summed E-state index contributed by atoms with van der Waals surface area (Å²) in [5.41, 5.74) is 4.80. The zero-order valence-corrected chi connectivity index (χ0v) is 23.4. The molecule has 2 fully saturated rings. The molecule has 0 spiro atoms. The van der Waals surface area contributed by atoms with Gasteiger partial charge in [-0.15, -0.1) is 0 Å². The molecule has 1 aromatic heterocycles. The molecular weight excluding hydrogens is 518 g/mol. The van der Waals surface area contributed by atoms with Crippen LogP contribution in [0, 0.1) is 6.92 Å². The number of hydrogen-bond acceptors (Lipinski definition) is 4. The largest absolute Gasteiger partial charge is 0.361 e. The summed E-state index contributed by atoms with van der Waals surface area (Å²) in [6.45, 7) is 4.74. The number of carbonyl (C=O) groups excluding carboxylic acids is 2. The molecule has 2 amide bonds. The fourth-order valence-electron chi connectivity index (χ4n) is 5.85. The van der Waals surface area contributed by atoms with Gasteiger partial charge in [0.05, 0.1) is 12.1 Å². The van der Waals surface area contributed by atoms with Crippen LogP contribution in [0.2, 0.25) is 0 Å². The highest BCUT2D eigenvalue weighted by Crippen LogP contribution is 2.32. The van der Waals surface area contributed by atoms with Gasteiger partial charge in [0.15, 0.2) is 5.11 Å². The Labute approximate surface area is 239 Å². The number of likely N-dealkylation sites (tertiary alicyclic amines) is 1. The molecule has 8 heteroatoms. The standard InChI is InChI=1S/C32H33N5O2S/c1-22-7-11-26(12-8-22)37-31(39)29(20-30(38)34-25-10-9-24-13-16-33-28(24)19-25)36(32(37)40)27-14-17-35(18-15-27)21-23-5-3-2-4-6-23/h2-13,16,19,27,29,33H,14-15,17-18,20-21H2,1H3,(H,34,38). The van der Waals surface area contributed by atoms with Gasteiger partial charge in [-0.25, -0.2) is 0 Å². The number of H-pyrrole nitrogens is 1. The fourth-order valence-corrected chi connectivity index (χ4v) is 6.32. The number of nitrogens with one attached hydrogen (secondary N) is 2. The van der Waals surface area contributed by atoms with Crippen molar-refractivity contribution in [2.75, 3.05) is 23.3 Å². The average molecular weight is 552 g/mol. The topological polar surface area (TPSA) is 71.7 Å². The van der Waals surface area contributed by atoms with Crippen LogP contribution in [0.1, 0.15) is 30.4 Å². The van der Waals surface area contributed by atoms with Gasteiger partial charge in [-0.1, -0.05) is 54.1 Å². The minimum Gasteiger partial charge on any atom is -0.361 e. The van der Waals surface area contributed by atoms with Crippen LogP contribution < -0.4 is 10.2 Å². The van der Waals surface area contributed by atoms with Crippen molar-refractivity contribution in [1.82, 2.24) is 14.8 Å². The Hall–Kier alpha value is -4.01. The van der Waals surface area contributed by atoms with E-state index >= 15 is 0 Å². The molecule has 0 bridgehead atoms. The van der Waals surface area contributed by atoms with E-state index in [0.717, 1.165) is 54.6 Å². The number of piperidine rings is 1. The van der Waals surface area contributed by atoms with Gasteiger partial charge in [-0.3, -0.25) is 19.4 Å². The SMILES string of the molecule is Cc1ccc(N2C(=O)C(CC(=O)Nc3ccc4cc[nH]c4c3)N(C3CCN(Cc4ccccc4)CC3)C2=S)cc1. The summed E-state index contributed by atoms with van der Waals surface area (Å²) in [6, 6.07) is 25.5. The van der Waals surface area contributed by atoms with E-state index in [-0.39, 0.29) is 24.3 Å². The second kappa shape index (κ2) is 11.2. The molecule has 1 atom stereocenters. The first-order valence-electron chi connectivity index (χ1n) is 13.8. The molecule has 7 nitrogen and oxygen atoms in total. The monoisotopic (exact) mass is 551 g/mol. The van der Waals surface area contributed by atoms with E-state index < -0.39 is 6.04 Å². The molecule has 4 aromatic rings. The second-order valence-electron chi connectivity index (χ2n) is 10.7. The summed E-state index contributed by atoms with van der Waals surface area (Å²) in [4.78, 5) is 36.5. The number of thiocarbonyl (C=S) groups is 1. The first-order chi connectivity index (χ1) is 19.5. The number of hydrogen-bond donors (Lipinski definition) is 2. The van der Waals surface area contributed by atoms with Crippen molar-refractivity contribution in [2.24, 2.45) is 0 Å². The zero-order valence-electron chi connectivity index (χ0n) is 22.5. The van der Waals surface area contributed by atoms with Crippen molar-refractivity contribution >= 4 is 51.4 Å². The summed E-state index contributed by atoms with van der Waals surface area (Å²) in [5, 5.41) is 4.56. The third-order valence-corrected chi connectivity index (χ3v) is 8.36. The lowest BCUT2D eigenvalue weighted by Crippen LogP contribution is -2.49. The van der Waals surface area contributed by atoms with Gasteiger partial charge in [0.2, 0.25) is 5.91 Å². The molecular formula is C32H33N5O2S. The Bertz CT molecular complexity index is 1530. The molecule has 2 saturated heterocycles. The predicted molar refractivity (Wildman–Crippen MR) is 163 cm³/mol. The number of benzene rings is 3. The summed E-state index contributed by atoms with van der Waals surface area (Å²) in [7, 11) is 0. The number of amides is 2.